The monoisotopic (exact) mass is 430 g/mol. The first kappa shape index (κ1) is 24.6. The summed E-state index contributed by atoms with van der Waals surface area (Å²) >= 11 is 0. The Morgan fingerprint density at radius 1 is 0.742 bits per heavy atom. The largest absolute Gasteiger partial charge is 0.491 e. The molecule has 0 saturated heterocycles. The average molecular weight is 431 g/mol. The summed E-state index contributed by atoms with van der Waals surface area (Å²) in [7, 11) is 0. The van der Waals surface area contributed by atoms with Gasteiger partial charge in [-0.2, -0.15) is 0 Å². The van der Waals surface area contributed by atoms with Crippen LogP contribution in [0, 0.1) is 23.6 Å². The summed E-state index contributed by atoms with van der Waals surface area (Å²) < 4.78 is 20.5. The highest BCUT2D eigenvalue weighted by atomic mass is 19.1. The van der Waals surface area contributed by atoms with Gasteiger partial charge in [0.2, 0.25) is 0 Å². The van der Waals surface area contributed by atoms with Crippen LogP contribution in [0.5, 0.6) is 5.75 Å². The lowest BCUT2D eigenvalue weighted by atomic mass is 9.77. The van der Waals surface area contributed by atoms with Gasteiger partial charge in [-0.3, -0.25) is 0 Å². The van der Waals surface area contributed by atoms with E-state index < -0.39 is 0 Å². The van der Waals surface area contributed by atoms with E-state index in [0.29, 0.717) is 18.3 Å². The second kappa shape index (κ2) is 13.5. The van der Waals surface area contributed by atoms with Crippen molar-refractivity contribution in [3.63, 3.8) is 0 Å². The zero-order valence-electron chi connectivity index (χ0n) is 20.3. The zero-order chi connectivity index (χ0) is 21.9. The molecule has 31 heavy (non-hydrogen) atoms. The Bertz CT molecular complexity index is 611. The first-order valence-corrected chi connectivity index (χ1v) is 13.6. The van der Waals surface area contributed by atoms with Crippen LogP contribution in [0.1, 0.15) is 128 Å². The topological polar surface area (TPSA) is 9.23 Å². The van der Waals surface area contributed by atoms with Gasteiger partial charge in [-0.1, -0.05) is 84.1 Å². The van der Waals surface area contributed by atoms with E-state index in [9.17, 15) is 4.39 Å². The molecule has 0 spiro atoms. The lowest BCUT2D eigenvalue weighted by molar-refractivity contribution is 0.227. The fourth-order valence-corrected chi connectivity index (χ4v) is 6.13. The highest BCUT2D eigenvalue weighted by Crippen LogP contribution is 2.39. The van der Waals surface area contributed by atoms with E-state index in [0.717, 1.165) is 24.2 Å². The van der Waals surface area contributed by atoms with Gasteiger partial charge < -0.3 is 4.74 Å². The second-order valence-corrected chi connectivity index (χ2v) is 10.6. The summed E-state index contributed by atoms with van der Waals surface area (Å²) in [6.07, 6.45) is 21.1. The van der Waals surface area contributed by atoms with Crippen LogP contribution in [0.4, 0.5) is 4.39 Å². The minimum absolute atomic E-state index is 0.164. The molecular weight excluding hydrogens is 383 g/mol. The van der Waals surface area contributed by atoms with Gasteiger partial charge >= 0.3 is 0 Å². The highest BCUT2D eigenvalue weighted by Gasteiger charge is 2.23. The Morgan fingerprint density at radius 2 is 1.35 bits per heavy atom. The van der Waals surface area contributed by atoms with Crippen molar-refractivity contribution in [3.8, 4) is 5.75 Å². The summed E-state index contributed by atoms with van der Waals surface area (Å²) in [6, 6.07) is 5.76. The molecule has 0 heterocycles. The minimum atomic E-state index is -0.164. The lowest BCUT2D eigenvalue weighted by Gasteiger charge is -2.29. The van der Waals surface area contributed by atoms with Gasteiger partial charge in [-0.15, -0.1) is 0 Å². The van der Waals surface area contributed by atoms with Gasteiger partial charge in [0.1, 0.15) is 0 Å². The number of ether oxygens (including phenoxy) is 1. The number of hydrogen-bond acceptors (Lipinski definition) is 1. The zero-order valence-corrected chi connectivity index (χ0v) is 20.3. The molecule has 176 valence electrons. The first-order chi connectivity index (χ1) is 15.2. The van der Waals surface area contributed by atoms with Gasteiger partial charge in [0.15, 0.2) is 11.6 Å². The van der Waals surface area contributed by atoms with Gasteiger partial charge in [-0.25, -0.2) is 4.39 Å². The van der Waals surface area contributed by atoms with Gasteiger partial charge in [0.05, 0.1) is 6.61 Å². The van der Waals surface area contributed by atoms with E-state index in [1.165, 1.54) is 102 Å². The van der Waals surface area contributed by atoms with Gasteiger partial charge in [0.25, 0.3) is 0 Å². The van der Waals surface area contributed by atoms with Crippen LogP contribution in [0.15, 0.2) is 18.2 Å². The van der Waals surface area contributed by atoms with Crippen LogP contribution in [0.25, 0.3) is 0 Å². The molecule has 0 aromatic heterocycles. The van der Waals surface area contributed by atoms with Gasteiger partial charge in [-0.05, 0) is 79.9 Å². The summed E-state index contributed by atoms with van der Waals surface area (Å²) in [5, 5.41) is 0. The number of halogens is 1. The number of hydrogen-bond donors (Lipinski definition) is 0. The Labute approximate surface area is 191 Å². The molecule has 0 amide bonds. The molecule has 1 nitrogen and oxygen atoms in total. The van der Waals surface area contributed by atoms with E-state index >= 15 is 0 Å². The van der Waals surface area contributed by atoms with Crippen LogP contribution >= 0.6 is 0 Å². The Kier molecular flexibility index (Phi) is 10.7. The maximum absolute atomic E-state index is 14.7. The molecule has 0 bridgehead atoms. The summed E-state index contributed by atoms with van der Waals surface area (Å²) in [5.74, 6) is 3.55. The molecule has 0 aliphatic heterocycles. The van der Waals surface area contributed by atoms with Crippen LogP contribution in [0.3, 0.4) is 0 Å². The highest BCUT2D eigenvalue weighted by molar-refractivity contribution is 5.31. The number of rotatable bonds is 12. The molecule has 2 heteroatoms. The molecule has 1 aromatic carbocycles. The standard InChI is InChI=1S/C29H47FO/c1-3-5-6-9-24-15-17-26(18-16-24)27-19-20-29(28(30)22-27)31-21-7-10-25-13-11-23(8-4-2)12-14-25/h19-20,22-26H,3-18,21H2,1-2H3/t23-,24-,25-,26-. The van der Waals surface area contributed by atoms with Crippen LogP contribution in [-0.2, 0) is 0 Å². The average Bonchev–Trinajstić information content (AvgIpc) is 2.79. The van der Waals surface area contributed by atoms with Crippen molar-refractivity contribution in [2.75, 3.05) is 6.61 Å². The van der Waals surface area contributed by atoms with Crippen molar-refractivity contribution < 1.29 is 9.13 Å². The summed E-state index contributed by atoms with van der Waals surface area (Å²) in [6.45, 7) is 5.22. The fraction of sp³-hybridized carbons (Fsp3) is 0.793. The third-order valence-corrected chi connectivity index (χ3v) is 8.17. The van der Waals surface area contributed by atoms with E-state index in [4.69, 9.17) is 4.74 Å². The fourth-order valence-electron chi connectivity index (χ4n) is 6.13. The molecule has 0 atom stereocenters. The minimum Gasteiger partial charge on any atom is -0.491 e. The third kappa shape index (κ3) is 8.10. The third-order valence-electron chi connectivity index (χ3n) is 8.17. The Hall–Kier alpha value is -1.05. The van der Waals surface area contributed by atoms with Crippen molar-refractivity contribution in [3.05, 3.63) is 29.6 Å². The van der Waals surface area contributed by atoms with E-state index in [-0.39, 0.29) is 5.82 Å². The molecule has 2 fully saturated rings. The molecule has 2 aliphatic rings. The predicted octanol–water partition coefficient (Wildman–Crippen LogP) is 9.45. The Balaban J connectivity index is 1.34. The summed E-state index contributed by atoms with van der Waals surface area (Å²) in [4.78, 5) is 0. The molecule has 2 saturated carbocycles. The lowest BCUT2D eigenvalue weighted by Crippen LogP contribution is -2.15. The first-order valence-electron chi connectivity index (χ1n) is 13.6. The van der Waals surface area contributed by atoms with E-state index in [1.807, 2.05) is 6.07 Å². The van der Waals surface area contributed by atoms with Crippen molar-refractivity contribution in [1.82, 2.24) is 0 Å². The van der Waals surface area contributed by atoms with Crippen LogP contribution in [0.2, 0.25) is 0 Å². The maximum atomic E-state index is 14.7. The van der Waals surface area contributed by atoms with Crippen molar-refractivity contribution >= 4 is 0 Å². The van der Waals surface area contributed by atoms with Crippen LogP contribution < -0.4 is 4.74 Å². The number of benzene rings is 1. The van der Waals surface area contributed by atoms with E-state index in [1.54, 1.807) is 6.07 Å². The second-order valence-electron chi connectivity index (χ2n) is 10.6. The molecule has 2 aliphatic carbocycles. The molecule has 1 aromatic rings. The SMILES string of the molecule is CCCCC[C@H]1CC[C@H](c2ccc(OCCC[C@H]3CC[C@H](CCC)CC3)c(F)c2)CC1. The molecule has 0 unspecified atom stereocenters. The van der Waals surface area contributed by atoms with Crippen LogP contribution in [-0.4, -0.2) is 6.61 Å². The summed E-state index contributed by atoms with van der Waals surface area (Å²) in [5.41, 5.74) is 1.18. The Morgan fingerprint density at radius 3 is 1.97 bits per heavy atom. The van der Waals surface area contributed by atoms with Crippen molar-refractivity contribution in [1.29, 1.82) is 0 Å². The normalized spacial score (nSPS) is 26.7. The predicted molar refractivity (Wildman–Crippen MR) is 130 cm³/mol. The van der Waals surface area contributed by atoms with Crippen molar-refractivity contribution in [2.45, 2.75) is 122 Å². The molecule has 0 radical (unpaired) electrons. The smallest absolute Gasteiger partial charge is 0.165 e. The van der Waals surface area contributed by atoms with E-state index in [2.05, 4.69) is 19.9 Å². The number of unbranched alkanes of at least 4 members (excludes halogenated alkanes) is 2. The quantitative estimate of drug-likeness (QED) is 0.300. The van der Waals surface area contributed by atoms with Crippen molar-refractivity contribution in [2.24, 2.45) is 17.8 Å². The molecule has 3 rings (SSSR count). The molecular formula is C29H47FO. The van der Waals surface area contributed by atoms with Gasteiger partial charge in [0, 0.05) is 0 Å². The maximum Gasteiger partial charge on any atom is 0.165 e. The molecule has 0 N–H and O–H groups in total.